The first-order valence-corrected chi connectivity index (χ1v) is 11.0. The van der Waals surface area contributed by atoms with E-state index in [1.807, 2.05) is 35.2 Å². The average molecular weight is 428 g/mol. The van der Waals surface area contributed by atoms with Crippen molar-refractivity contribution in [2.24, 2.45) is 5.92 Å². The van der Waals surface area contributed by atoms with Gasteiger partial charge in [-0.15, -0.1) is 0 Å². The molecule has 1 saturated heterocycles. The number of piperidine rings is 1. The Morgan fingerprint density at radius 1 is 0.968 bits per heavy atom. The standard InChI is InChI=1S/C25H34N2O4/c1-5-27(17-19-9-7-6-8-10-19)25(28)20-13-15-26(16-14-20)18-21-11-12-22(29-2)24(31-4)23(21)30-3/h6-12,20H,5,13-18H2,1-4H3/p+1. The number of benzene rings is 2. The second kappa shape index (κ2) is 11.0. The van der Waals surface area contributed by atoms with Crippen LogP contribution in [-0.4, -0.2) is 51.8 Å². The van der Waals surface area contributed by atoms with Gasteiger partial charge in [0.05, 0.1) is 40.0 Å². The molecular formula is C25H35N2O4+. The van der Waals surface area contributed by atoms with Gasteiger partial charge in [-0.05, 0) is 24.6 Å². The van der Waals surface area contributed by atoms with Crippen molar-refractivity contribution in [3.63, 3.8) is 0 Å². The number of amides is 1. The monoisotopic (exact) mass is 427 g/mol. The van der Waals surface area contributed by atoms with Crippen LogP contribution in [0.5, 0.6) is 17.2 Å². The fourth-order valence-corrected chi connectivity index (χ4v) is 4.43. The third kappa shape index (κ3) is 5.50. The molecule has 31 heavy (non-hydrogen) atoms. The highest BCUT2D eigenvalue weighted by molar-refractivity contribution is 5.78. The molecule has 6 heteroatoms. The zero-order valence-electron chi connectivity index (χ0n) is 19.1. The van der Waals surface area contributed by atoms with Gasteiger partial charge in [-0.1, -0.05) is 30.3 Å². The van der Waals surface area contributed by atoms with Gasteiger partial charge in [0, 0.05) is 31.8 Å². The molecule has 1 fully saturated rings. The summed E-state index contributed by atoms with van der Waals surface area (Å²) in [5, 5.41) is 0. The Hall–Kier alpha value is -2.73. The van der Waals surface area contributed by atoms with Crippen LogP contribution in [0.3, 0.4) is 0 Å². The highest BCUT2D eigenvalue weighted by Crippen LogP contribution is 2.39. The van der Waals surface area contributed by atoms with Crippen LogP contribution >= 0.6 is 0 Å². The lowest BCUT2D eigenvalue weighted by atomic mass is 9.94. The molecule has 0 aromatic heterocycles. The van der Waals surface area contributed by atoms with E-state index < -0.39 is 0 Å². The first kappa shape index (κ1) is 22.9. The lowest BCUT2D eigenvalue weighted by Crippen LogP contribution is -3.11. The van der Waals surface area contributed by atoms with Crippen molar-refractivity contribution >= 4 is 5.91 Å². The van der Waals surface area contributed by atoms with Gasteiger partial charge in [-0.2, -0.15) is 0 Å². The van der Waals surface area contributed by atoms with Gasteiger partial charge >= 0.3 is 0 Å². The predicted octanol–water partition coefficient (Wildman–Crippen LogP) is 2.56. The van der Waals surface area contributed by atoms with Crippen molar-refractivity contribution in [3.05, 3.63) is 53.6 Å². The first-order valence-electron chi connectivity index (χ1n) is 11.0. The number of ether oxygens (including phenoxy) is 3. The molecule has 1 N–H and O–H groups in total. The summed E-state index contributed by atoms with van der Waals surface area (Å²) in [6.07, 6.45) is 1.82. The summed E-state index contributed by atoms with van der Waals surface area (Å²) in [5.41, 5.74) is 2.28. The number of nitrogens with one attached hydrogen (secondary N) is 1. The maximum absolute atomic E-state index is 13.1. The molecule has 1 amide bonds. The smallest absolute Gasteiger partial charge is 0.226 e. The molecule has 0 spiro atoms. The van der Waals surface area contributed by atoms with Crippen LogP contribution in [0.25, 0.3) is 0 Å². The Labute approximate surface area is 185 Å². The van der Waals surface area contributed by atoms with Crippen molar-refractivity contribution in [1.29, 1.82) is 0 Å². The van der Waals surface area contributed by atoms with Crippen molar-refractivity contribution < 1.29 is 23.9 Å². The second-order valence-electron chi connectivity index (χ2n) is 8.03. The summed E-state index contributed by atoms with van der Waals surface area (Å²) in [4.78, 5) is 16.6. The normalized spacial score (nSPS) is 18.3. The fourth-order valence-electron chi connectivity index (χ4n) is 4.43. The van der Waals surface area contributed by atoms with Crippen molar-refractivity contribution in [2.75, 3.05) is 41.0 Å². The lowest BCUT2D eigenvalue weighted by molar-refractivity contribution is -0.919. The van der Waals surface area contributed by atoms with Crippen molar-refractivity contribution in [2.45, 2.75) is 32.9 Å². The van der Waals surface area contributed by atoms with Crippen molar-refractivity contribution in [1.82, 2.24) is 4.90 Å². The van der Waals surface area contributed by atoms with Crippen molar-refractivity contribution in [3.8, 4) is 17.2 Å². The number of hydrogen-bond donors (Lipinski definition) is 1. The predicted molar refractivity (Wildman–Crippen MR) is 121 cm³/mol. The fraction of sp³-hybridized carbons (Fsp3) is 0.480. The molecule has 1 aliphatic rings. The number of nitrogens with zero attached hydrogens (tertiary/aromatic N) is 1. The number of methoxy groups -OCH3 is 3. The van der Waals surface area contributed by atoms with Gasteiger partial charge in [0.15, 0.2) is 11.5 Å². The third-order valence-electron chi connectivity index (χ3n) is 6.18. The lowest BCUT2D eigenvalue weighted by Gasteiger charge is -2.32. The van der Waals surface area contributed by atoms with Crippen LogP contribution in [0.15, 0.2) is 42.5 Å². The van der Waals surface area contributed by atoms with E-state index in [1.54, 1.807) is 21.3 Å². The number of likely N-dealkylation sites (tertiary alicyclic amines) is 1. The summed E-state index contributed by atoms with van der Waals surface area (Å²) in [6.45, 7) is 6.26. The minimum absolute atomic E-state index is 0.111. The van der Waals surface area contributed by atoms with Crippen LogP contribution in [0.1, 0.15) is 30.9 Å². The summed E-state index contributed by atoms with van der Waals surface area (Å²) < 4.78 is 16.5. The molecule has 1 heterocycles. The molecule has 0 bridgehead atoms. The number of quaternary nitrogens is 1. The topological polar surface area (TPSA) is 52.4 Å². The maximum Gasteiger partial charge on any atom is 0.226 e. The molecule has 3 rings (SSSR count). The summed E-state index contributed by atoms with van der Waals surface area (Å²) in [6, 6.07) is 14.2. The van der Waals surface area contributed by atoms with Crippen LogP contribution < -0.4 is 19.1 Å². The van der Waals surface area contributed by atoms with Gasteiger partial charge in [0.1, 0.15) is 6.54 Å². The first-order chi connectivity index (χ1) is 15.1. The zero-order chi connectivity index (χ0) is 22.2. The highest BCUT2D eigenvalue weighted by atomic mass is 16.5. The Kier molecular flexibility index (Phi) is 8.18. The Morgan fingerprint density at radius 2 is 1.65 bits per heavy atom. The number of carbonyl (C=O) groups is 1. The van der Waals surface area contributed by atoms with Crippen LogP contribution in [0, 0.1) is 5.92 Å². The van der Waals surface area contributed by atoms with E-state index in [1.165, 1.54) is 10.5 Å². The van der Waals surface area contributed by atoms with Crippen LogP contribution in [0.4, 0.5) is 0 Å². The maximum atomic E-state index is 13.1. The van der Waals surface area contributed by atoms with Gasteiger partial charge in [-0.25, -0.2) is 0 Å². The molecule has 0 aliphatic carbocycles. The molecule has 0 unspecified atom stereocenters. The SMILES string of the molecule is CCN(Cc1ccccc1)C(=O)C1CC[NH+](Cc2ccc(OC)c(OC)c2OC)CC1. The van der Waals surface area contributed by atoms with Gasteiger partial charge in [-0.3, -0.25) is 4.79 Å². The molecule has 0 radical (unpaired) electrons. The van der Waals surface area contributed by atoms with Gasteiger partial charge < -0.3 is 24.0 Å². The number of hydrogen-bond acceptors (Lipinski definition) is 4. The van der Waals surface area contributed by atoms with Gasteiger partial charge in [0.2, 0.25) is 11.7 Å². The Balaban J connectivity index is 1.60. The molecule has 0 atom stereocenters. The molecule has 6 nitrogen and oxygen atoms in total. The quantitative estimate of drug-likeness (QED) is 0.668. The van der Waals surface area contributed by atoms with E-state index >= 15 is 0 Å². The Morgan fingerprint density at radius 3 is 2.23 bits per heavy atom. The molecule has 2 aromatic rings. The largest absolute Gasteiger partial charge is 0.493 e. The molecule has 2 aromatic carbocycles. The molecular weight excluding hydrogens is 392 g/mol. The minimum Gasteiger partial charge on any atom is -0.493 e. The average Bonchev–Trinajstić information content (AvgIpc) is 2.82. The molecule has 0 saturated carbocycles. The van der Waals surface area contributed by atoms with E-state index in [-0.39, 0.29) is 11.8 Å². The minimum atomic E-state index is 0.111. The van der Waals surface area contributed by atoms with E-state index in [0.717, 1.165) is 50.3 Å². The van der Waals surface area contributed by atoms with E-state index in [2.05, 4.69) is 19.1 Å². The van der Waals surface area contributed by atoms with E-state index in [0.29, 0.717) is 18.0 Å². The van der Waals surface area contributed by atoms with E-state index in [4.69, 9.17) is 14.2 Å². The van der Waals surface area contributed by atoms with E-state index in [9.17, 15) is 4.79 Å². The molecule has 1 aliphatic heterocycles. The summed E-state index contributed by atoms with van der Waals surface area (Å²) in [5.74, 6) is 2.42. The highest BCUT2D eigenvalue weighted by Gasteiger charge is 2.31. The Bertz CT molecular complexity index is 848. The number of carbonyl (C=O) groups excluding carboxylic acids is 1. The summed E-state index contributed by atoms with van der Waals surface area (Å²) in [7, 11) is 4.91. The van der Waals surface area contributed by atoms with Crippen LogP contribution in [0.2, 0.25) is 0 Å². The summed E-state index contributed by atoms with van der Waals surface area (Å²) >= 11 is 0. The van der Waals surface area contributed by atoms with Gasteiger partial charge in [0.25, 0.3) is 0 Å². The van der Waals surface area contributed by atoms with Crippen LogP contribution in [-0.2, 0) is 17.9 Å². The number of rotatable bonds is 9. The molecule has 168 valence electrons. The second-order valence-corrected chi connectivity index (χ2v) is 8.03. The third-order valence-corrected chi connectivity index (χ3v) is 6.18. The zero-order valence-corrected chi connectivity index (χ0v) is 19.1.